The molecule has 0 radical (unpaired) electrons. The maximum atomic E-state index is 13.5. The molecule has 6 heteroatoms. The van der Waals surface area contributed by atoms with Gasteiger partial charge in [-0.25, -0.2) is 0 Å². The number of halogens is 1. The molecule has 1 amide bonds. The lowest BCUT2D eigenvalue weighted by molar-refractivity contribution is 0.0730. The van der Waals surface area contributed by atoms with Gasteiger partial charge in [0.15, 0.2) is 5.43 Å². The van der Waals surface area contributed by atoms with E-state index in [9.17, 15) is 9.59 Å². The predicted molar refractivity (Wildman–Crippen MR) is 124 cm³/mol. The Bertz CT molecular complexity index is 1380. The lowest BCUT2D eigenvalue weighted by atomic mass is 9.98. The Labute approximate surface area is 189 Å². The average Bonchev–Trinajstić information content (AvgIpc) is 3.10. The van der Waals surface area contributed by atoms with E-state index in [0.29, 0.717) is 40.3 Å². The number of methoxy groups -OCH3 is 1. The van der Waals surface area contributed by atoms with Gasteiger partial charge in [-0.05, 0) is 47.9 Å². The summed E-state index contributed by atoms with van der Waals surface area (Å²) < 4.78 is 11.3. The maximum Gasteiger partial charge on any atom is 0.290 e. The number of carbonyl (C=O) groups is 1. The van der Waals surface area contributed by atoms with Gasteiger partial charge in [-0.15, -0.1) is 0 Å². The van der Waals surface area contributed by atoms with E-state index in [2.05, 4.69) is 0 Å². The Morgan fingerprint density at radius 1 is 1.00 bits per heavy atom. The molecule has 0 N–H and O–H groups in total. The van der Waals surface area contributed by atoms with Crippen LogP contribution in [0.2, 0.25) is 5.02 Å². The molecule has 1 aromatic heterocycles. The van der Waals surface area contributed by atoms with Crippen LogP contribution in [-0.2, 0) is 6.42 Å². The number of hydrogen-bond donors (Lipinski definition) is 0. The van der Waals surface area contributed by atoms with Gasteiger partial charge in [-0.2, -0.15) is 0 Å². The van der Waals surface area contributed by atoms with Crippen LogP contribution >= 0.6 is 11.6 Å². The van der Waals surface area contributed by atoms with Crippen molar-refractivity contribution in [2.75, 3.05) is 13.7 Å². The molecular formula is C26H20ClNO4. The molecule has 0 bridgehead atoms. The molecule has 5 nitrogen and oxygen atoms in total. The largest absolute Gasteiger partial charge is 0.497 e. The molecule has 0 spiro atoms. The summed E-state index contributed by atoms with van der Waals surface area (Å²) >= 11 is 6.14. The van der Waals surface area contributed by atoms with Crippen LogP contribution in [-0.4, -0.2) is 24.5 Å². The molecule has 1 aliphatic heterocycles. The van der Waals surface area contributed by atoms with E-state index in [1.807, 2.05) is 54.6 Å². The highest BCUT2D eigenvalue weighted by Gasteiger charge is 2.42. The summed E-state index contributed by atoms with van der Waals surface area (Å²) in [7, 11) is 1.59. The monoisotopic (exact) mass is 445 g/mol. The molecule has 3 aromatic carbocycles. The highest BCUT2D eigenvalue weighted by atomic mass is 35.5. The Morgan fingerprint density at radius 2 is 1.81 bits per heavy atom. The zero-order valence-electron chi connectivity index (χ0n) is 17.4. The molecule has 5 rings (SSSR count). The van der Waals surface area contributed by atoms with Gasteiger partial charge in [0, 0.05) is 11.6 Å². The van der Waals surface area contributed by atoms with Crippen molar-refractivity contribution in [3.05, 3.63) is 110 Å². The minimum atomic E-state index is -0.573. The summed E-state index contributed by atoms with van der Waals surface area (Å²) in [6.45, 7) is 0.436. The predicted octanol–water partition coefficient (Wildman–Crippen LogP) is 5.24. The number of nitrogens with zero attached hydrogens (tertiary/aromatic N) is 1. The van der Waals surface area contributed by atoms with Crippen LogP contribution in [0.1, 0.15) is 33.3 Å². The fourth-order valence-electron chi connectivity index (χ4n) is 4.28. The first kappa shape index (κ1) is 20.3. The second-order valence-corrected chi connectivity index (χ2v) is 8.16. The molecule has 4 aromatic rings. The van der Waals surface area contributed by atoms with E-state index in [1.165, 1.54) is 0 Å². The van der Waals surface area contributed by atoms with Gasteiger partial charge < -0.3 is 14.1 Å². The van der Waals surface area contributed by atoms with Crippen LogP contribution in [0.15, 0.2) is 82.0 Å². The summed E-state index contributed by atoms with van der Waals surface area (Å²) in [6.07, 6.45) is 0.653. The molecule has 1 atom stereocenters. The summed E-state index contributed by atoms with van der Waals surface area (Å²) in [5.74, 6) is 0.447. The standard InChI is InChI=1S/C26H20ClNO4/c1-31-19-9-5-8-17(14-19)23-22-24(29)20-15-18(27)10-11-21(20)32-25(22)26(30)28(23)13-12-16-6-3-2-4-7-16/h2-11,14-15,23H,12-13H2,1H3/t23-/m1/s1. The van der Waals surface area contributed by atoms with E-state index in [0.717, 1.165) is 11.1 Å². The van der Waals surface area contributed by atoms with Crippen molar-refractivity contribution in [2.24, 2.45) is 0 Å². The molecule has 0 unspecified atom stereocenters. The van der Waals surface area contributed by atoms with E-state index >= 15 is 0 Å². The molecule has 0 saturated heterocycles. The number of fused-ring (bicyclic) bond motifs is 2. The van der Waals surface area contributed by atoms with Gasteiger partial charge in [0.1, 0.15) is 11.3 Å². The summed E-state index contributed by atoms with van der Waals surface area (Å²) in [5.41, 5.74) is 2.34. The lowest BCUT2D eigenvalue weighted by Crippen LogP contribution is -2.31. The molecule has 2 heterocycles. The maximum absolute atomic E-state index is 13.5. The zero-order chi connectivity index (χ0) is 22.2. The van der Waals surface area contributed by atoms with E-state index in [4.69, 9.17) is 20.8 Å². The van der Waals surface area contributed by atoms with Crippen LogP contribution in [0.4, 0.5) is 0 Å². The molecule has 1 aliphatic rings. The second-order valence-electron chi connectivity index (χ2n) is 7.73. The molecule has 160 valence electrons. The van der Waals surface area contributed by atoms with Gasteiger partial charge in [0.2, 0.25) is 5.76 Å². The molecule has 0 fully saturated rings. The van der Waals surface area contributed by atoms with Gasteiger partial charge >= 0.3 is 0 Å². The molecular weight excluding hydrogens is 426 g/mol. The topological polar surface area (TPSA) is 59.8 Å². The third-order valence-corrected chi connectivity index (χ3v) is 6.06. The van der Waals surface area contributed by atoms with Crippen LogP contribution in [0.5, 0.6) is 5.75 Å². The van der Waals surface area contributed by atoms with Gasteiger partial charge in [-0.3, -0.25) is 9.59 Å². The van der Waals surface area contributed by atoms with Crippen molar-refractivity contribution in [3.63, 3.8) is 0 Å². The third-order valence-electron chi connectivity index (χ3n) is 5.82. The van der Waals surface area contributed by atoms with Crippen LogP contribution in [0, 0.1) is 0 Å². The quantitative estimate of drug-likeness (QED) is 0.421. The van der Waals surface area contributed by atoms with Crippen molar-refractivity contribution in [3.8, 4) is 5.75 Å². The van der Waals surface area contributed by atoms with Crippen LogP contribution < -0.4 is 10.2 Å². The number of amides is 1. The van der Waals surface area contributed by atoms with E-state index < -0.39 is 6.04 Å². The molecule has 32 heavy (non-hydrogen) atoms. The van der Waals surface area contributed by atoms with Crippen LogP contribution in [0.25, 0.3) is 11.0 Å². The number of ether oxygens (including phenoxy) is 1. The Kier molecular flexibility index (Phi) is 5.19. The van der Waals surface area contributed by atoms with Crippen molar-refractivity contribution in [1.29, 1.82) is 0 Å². The highest BCUT2D eigenvalue weighted by molar-refractivity contribution is 6.31. The fourth-order valence-corrected chi connectivity index (χ4v) is 4.45. The van der Waals surface area contributed by atoms with E-state index in [-0.39, 0.29) is 17.1 Å². The number of benzene rings is 3. The van der Waals surface area contributed by atoms with Crippen molar-refractivity contribution < 1.29 is 13.9 Å². The first-order chi connectivity index (χ1) is 15.6. The van der Waals surface area contributed by atoms with Gasteiger partial charge in [0.25, 0.3) is 5.91 Å². The average molecular weight is 446 g/mol. The Balaban J connectivity index is 1.67. The Morgan fingerprint density at radius 3 is 2.59 bits per heavy atom. The number of rotatable bonds is 5. The smallest absolute Gasteiger partial charge is 0.290 e. The second kappa shape index (κ2) is 8.17. The summed E-state index contributed by atoms with van der Waals surface area (Å²) in [5, 5.41) is 0.801. The third kappa shape index (κ3) is 3.45. The van der Waals surface area contributed by atoms with Crippen molar-refractivity contribution in [1.82, 2.24) is 4.90 Å². The highest BCUT2D eigenvalue weighted by Crippen LogP contribution is 2.39. The Hall–Kier alpha value is -3.57. The van der Waals surface area contributed by atoms with Gasteiger partial charge in [-0.1, -0.05) is 54.1 Å². The zero-order valence-corrected chi connectivity index (χ0v) is 18.1. The van der Waals surface area contributed by atoms with Crippen molar-refractivity contribution in [2.45, 2.75) is 12.5 Å². The first-order valence-corrected chi connectivity index (χ1v) is 10.7. The fraction of sp³-hybridized carbons (Fsp3) is 0.154. The normalized spacial score (nSPS) is 15.2. The summed E-state index contributed by atoms with van der Waals surface area (Å²) in [4.78, 5) is 28.7. The minimum absolute atomic E-state index is 0.0886. The number of hydrogen-bond acceptors (Lipinski definition) is 4. The SMILES string of the molecule is COc1cccc([C@@H]2c3c(oc4ccc(Cl)cc4c3=O)C(=O)N2CCc2ccccc2)c1. The summed E-state index contributed by atoms with van der Waals surface area (Å²) in [6, 6.07) is 21.7. The molecule has 0 aliphatic carbocycles. The van der Waals surface area contributed by atoms with Gasteiger partial charge in [0.05, 0.1) is 24.1 Å². The number of carbonyl (C=O) groups excluding carboxylic acids is 1. The minimum Gasteiger partial charge on any atom is -0.497 e. The van der Waals surface area contributed by atoms with E-state index in [1.54, 1.807) is 30.2 Å². The van der Waals surface area contributed by atoms with Crippen molar-refractivity contribution >= 4 is 28.5 Å². The first-order valence-electron chi connectivity index (χ1n) is 10.3. The van der Waals surface area contributed by atoms with Crippen LogP contribution in [0.3, 0.4) is 0 Å². The lowest BCUT2D eigenvalue weighted by Gasteiger charge is -2.25. The molecule has 0 saturated carbocycles.